The summed E-state index contributed by atoms with van der Waals surface area (Å²) < 4.78 is 2.97. The van der Waals surface area contributed by atoms with Crippen LogP contribution >= 0.6 is 11.3 Å². The van der Waals surface area contributed by atoms with Gasteiger partial charge < -0.3 is 5.32 Å². The lowest BCUT2D eigenvalue weighted by Gasteiger charge is -2.26. The number of rotatable bonds is 6. The number of aromatic nitrogens is 4. The smallest absolute Gasteiger partial charge is 0.224 e. The Hall–Kier alpha value is -3.32. The van der Waals surface area contributed by atoms with Gasteiger partial charge in [-0.05, 0) is 36.1 Å². The maximum absolute atomic E-state index is 13.1. The molecule has 0 aliphatic heterocycles. The molecule has 0 spiro atoms. The third kappa shape index (κ3) is 4.41. The van der Waals surface area contributed by atoms with Gasteiger partial charge >= 0.3 is 0 Å². The minimum atomic E-state index is -0.0860. The van der Waals surface area contributed by atoms with Gasteiger partial charge in [0.15, 0.2) is 0 Å². The van der Waals surface area contributed by atoms with E-state index in [1.54, 1.807) is 22.3 Å². The molecule has 0 saturated carbocycles. The van der Waals surface area contributed by atoms with Crippen molar-refractivity contribution in [1.29, 1.82) is 0 Å². The van der Waals surface area contributed by atoms with E-state index in [-0.39, 0.29) is 17.7 Å². The van der Waals surface area contributed by atoms with Crippen LogP contribution in [0.2, 0.25) is 0 Å². The third-order valence-corrected chi connectivity index (χ3v) is 6.87. The van der Waals surface area contributed by atoms with Crippen molar-refractivity contribution in [2.24, 2.45) is 5.92 Å². The van der Waals surface area contributed by atoms with E-state index in [9.17, 15) is 4.79 Å². The van der Waals surface area contributed by atoms with Crippen molar-refractivity contribution in [3.05, 3.63) is 89.5 Å². The first-order chi connectivity index (χ1) is 15.3. The second kappa shape index (κ2) is 8.81. The molecule has 1 aliphatic rings. The van der Waals surface area contributed by atoms with Crippen LogP contribution in [0.1, 0.15) is 34.9 Å². The Kier molecular flexibility index (Phi) is 5.58. The molecule has 6 nitrogen and oxygen atoms in total. The number of nitrogens with one attached hydrogen (secondary N) is 1. The van der Waals surface area contributed by atoms with Crippen LogP contribution in [0.3, 0.4) is 0 Å². The Morgan fingerprint density at radius 3 is 2.68 bits per heavy atom. The van der Waals surface area contributed by atoms with Crippen LogP contribution in [0, 0.1) is 5.92 Å². The molecule has 2 atom stereocenters. The molecular weight excluding hydrogens is 406 g/mol. The zero-order valence-electron chi connectivity index (χ0n) is 17.0. The lowest BCUT2D eigenvalue weighted by Crippen LogP contribution is -2.34. The van der Waals surface area contributed by atoms with Crippen molar-refractivity contribution in [2.75, 3.05) is 0 Å². The predicted octanol–water partition coefficient (Wildman–Crippen LogP) is 4.30. The van der Waals surface area contributed by atoms with Crippen molar-refractivity contribution >= 4 is 27.5 Å². The summed E-state index contributed by atoms with van der Waals surface area (Å²) in [5, 5.41) is 8.33. The average molecular weight is 430 g/mol. The summed E-state index contributed by atoms with van der Waals surface area (Å²) in [4.78, 5) is 21.8. The minimum absolute atomic E-state index is 0.0860. The molecule has 1 N–H and O–H groups in total. The van der Waals surface area contributed by atoms with Crippen molar-refractivity contribution in [2.45, 2.75) is 31.8 Å². The Labute approximate surface area is 184 Å². The second-order valence-electron chi connectivity index (χ2n) is 7.80. The molecule has 2 aromatic carbocycles. The van der Waals surface area contributed by atoms with Gasteiger partial charge in [-0.25, -0.2) is 14.6 Å². The summed E-state index contributed by atoms with van der Waals surface area (Å²) in [5.74, 6) is 0.143. The van der Waals surface area contributed by atoms with E-state index in [2.05, 4.69) is 57.9 Å². The molecule has 5 rings (SSSR count). The molecule has 31 heavy (non-hydrogen) atoms. The highest BCUT2D eigenvalue weighted by Crippen LogP contribution is 2.38. The lowest BCUT2D eigenvalue weighted by molar-refractivity contribution is -0.125. The number of amides is 1. The first-order valence-corrected chi connectivity index (χ1v) is 11.3. The van der Waals surface area contributed by atoms with Crippen LogP contribution in [-0.4, -0.2) is 25.7 Å². The number of carbonyl (C=O) groups excluding carboxylic acids is 1. The van der Waals surface area contributed by atoms with Crippen molar-refractivity contribution in [1.82, 2.24) is 25.1 Å². The summed E-state index contributed by atoms with van der Waals surface area (Å²) in [6.07, 6.45) is 9.14. The quantitative estimate of drug-likeness (QED) is 0.464. The van der Waals surface area contributed by atoms with Crippen LogP contribution in [0.15, 0.2) is 73.3 Å². The lowest BCUT2D eigenvalue weighted by atomic mass is 9.82. The molecule has 0 radical (unpaired) electrons. The highest BCUT2D eigenvalue weighted by Gasteiger charge is 2.32. The topological polar surface area (TPSA) is 72.7 Å². The van der Waals surface area contributed by atoms with E-state index in [1.165, 1.54) is 11.0 Å². The van der Waals surface area contributed by atoms with Gasteiger partial charge in [0.25, 0.3) is 0 Å². The summed E-state index contributed by atoms with van der Waals surface area (Å²) in [6, 6.07) is 16.4. The number of para-hydroxylation sites is 1. The fourth-order valence-electron chi connectivity index (χ4n) is 4.01. The number of hydrogen-bond donors (Lipinski definition) is 1. The molecule has 7 heteroatoms. The van der Waals surface area contributed by atoms with Crippen LogP contribution < -0.4 is 5.32 Å². The third-order valence-electron chi connectivity index (χ3n) is 5.70. The molecular formula is C24H23N5OS. The van der Waals surface area contributed by atoms with Crippen LogP contribution in [-0.2, 0) is 17.9 Å². The molecule has 1 amide bonds. The van der Waals surface area contributed by atoms with Gasteiger partial charge in [-0.15, -0.1) is 11.3 Å². The van der Waals surface area contributed by atoms with E-state index in [0.29, 0.717) is 13.1 Å². The zero-order chi connectivity index (χ0) is 21.0. The van der Waals surface area contributed by atoms with Gasteiger partial charge in [0, 0.05) is 12.5 Å². The maximum atomic E-state index is 13.1. The van der Waals surface area contributed by atoms with Gasteiger partial charge in [-0.1, -0.05) is 48.6 Å². The number of nitrogens with zero attached hydrogens (tertiary/aromatic N) is 4. The van der Waals surface area contributed by atoms with Gasteiger partial charge in [-0.2, -0.15) is 5.10 Å². The Morgan fingerprint density at radius 2 is 1.87 bits per heavy atom. The summed E-state index contributed by atoms with van der Waals surface area (Å²) in [6.45, 7) is 1.21. The van der Waals surface area contributed by atoms with Gasteiger partial charge in [0.05, 0.1) is 27.7 Å². The van der Waals surface area contributed by atoms with Crippen molar-refractivity contribution in [3.63, 3.8) is 0 Å². The van der Waals surface area contributed by atoms with Crippen LogP contribution in [0.4, 0.5) is 0 Å². The van der Waals surface area contributed by atoms with Gasteiger partial charge in [0.2, 0.25) is 5.91 Å². The molecule has 0 bridgehead atoms. The molecule has 0 unspecified atom stereocenters. The Morgan fingerprint density at radius 1 is 1.06 bits per heavy atom. The normalized spacial score (nSPS) is 18.3. The number of carbonyl (C=O) groups is 1. The van der Waals surface area contributed by atoms with E-state index in [1.807, 2.05) is 18.2 Å². The van der Waals surface area contributed by atoms with E-state index in [0.717, 1.165) is 34.5 Å². The maximum Gasteiger partial charge on any atom is 0.224 e. The van der Waals surface area contributed by atoms with Gasteiger partial charge in [-0.3, -0.25) is 4.79 Å². The Balaban J connectivity index is 1.24. The SMILES string of the molecule is O=C(NCc1ccc(Cn2cncn2)cc1)[C@H]1CC=CC[C@H]1c1nc2ccccc2s1. The fourth-order valence-corrected chi connectivity index (χ4v) is 5.16. The summed E-state index contributed by atoms with van der Waals surface area (Å²) in [5.41, 5.74) is 3.25. The molecule has 4 aromatic rings. The zero-order valence-corrected chi connectivity index (χ0v) is 17.8. The van der Waals surface area contributed by atoms with E-state index < -0.39 is 0 Å². The first kappa shape index (κ1) is 19.6. The van der Waals surface area contributed by atoms with Crippen molar-refractivity contribution < 1.29 is 4.79 Å². The standard InChI is InChI=1S/C24H23N5OS/c30-23(26-13-17-9-11-18(12-10-17)14-29-16-25-15-27-29)19-5-1-2-6-20(19)24-28-21-7-3-4-8-22(21)31-24/h1-4,7-12,15-16,19-20H,5-6,13-14H2,(H,26,30)/t19-,20+/m0/s1. The number of allylic oxidation sites excluding steroid dienone is 2. The molecule has 0 saturated heterocycles. The van der Waals surface area contributed by atoms with Crippen LogP contribution in [0.25, 0.3) is 10.2 Å². The highest BCUT2D eigenvalue weighted by atomic mass is 32.1. The summed E-state index contributed by atoms with van der Waals surface area (Å²) >= 11 is 1.71. The molecule has 2 aromatic heterocycles. The molecule has 0 fully saturated rings. The summed E-state index contributed by atoms with van der Waals surface area (Å²) in [7, 11) is 0. The first-order valence-electron chi connectivity index (χ1n) is 10.4. The van der Waals surface area contributed by atoms with E-state index >= 15 is 0 Å². The monoisotopic (exact) mass is 429 g/mol. The van der Waals surface area contributed by atoms with E-state index in [4.69, 9.17) is 4.98 Å². The van der Waals surface area contributed by atoms with Crippen LogP contribution in [0.5, 0.6) is 0 Å². The van der Waals surface area contributed by atoms with Crippen molar-refractivity contribution in [3.8, 4) is 0 Å². The number of thiazole rings is 1. The Bertz CT molecular complexity index is 1160. The predicted molar refractivity (Wildman–Crippen MR) is 122 cm³/mol. The number of benzene rings is 2. The largest absolute Gasteiger partial charge is 0.352 e. The average Bonchev–Trinajstić information content (AvgIpc) is 3.48. The fraction of sp³-hybridized carbons (Fsp3) is 0.250. The molecule has 156 valence electrons. The molecule has 2 heterocycles. The minimum Gasteiger partial charge on any atom is -0.352 e. The number of fused-ring (bicyclic) bond motifs is 1. The molecule has 1 aliphatic carbocycles. The van der Waals surface area contributed by atoms with Gasteiger partial charge in [0.1, 0.15) is 12.7 Å². The second-order valence-corrected chi connectivity index (χ2v) is 8.87. The highest BCUT2D eigenvalue weighted by molar-refractivity contribution is 7.18. The number of hydrogen-bond acceptors (Lipinski definition) is 5.